The molecule has 0 bridgehead atoms. The van der Waals surface area contributed by atoms with Gasteiger partial charge in [0.25, 0.3) is 5.91 Å². The van der Waals surface area contributed by atoms with Crippen molar-refractivity contribution in [3.05, 3.63) is 101 Å². The van der Waals surface area contributed by atoms with Crippen molar-refractivity contribution in [1.82, 2.24) is 10.2 Å². The first-order valence-corrected chi connectivity index (χ1v) is 13.4. The minimum absolute atomic E-state index is 0.0935. The molecule has 0 radical (unpaired) electrons. The van der Waals surface area contributed by atoms with E-state index in [1.807, 2.05) is 79.7 Å². The second kappa shape index (κ2) is 13.1. The molecule has 1 aliphatic rings. The third-order valence-electron chi connectivity index (χ3n) is 7.10. The Bertz CT molecular complexity index is 1150. The van der Waals surface area contributed by atoms with Crippen molar-refractivity contribution in [3.63, 3.8) is 0 Å². The van der Waals surface area contributed by atoms with Crippen LogP contribution in [0.3, 0.4) is 0 Å². The van der Waals surface area contributed by atoms with Gasteiger partial charge >= 0.3 is 0 Å². The van der Waals surface area contributed by atoms with Crippen LogP contribution in [0.25, 0.3) is 0 Å². The Hall–Kier alpha value is -3.60. The molecule has 1 fully saturated rings. The summed E-state index contributed by atoms with van der Waals surface area (Å²) < 4.78 is 5.90. The van der Waals surface area contributed by atoms with E-state index in [2.05, 4.69) is 18.3 Å². The molecule has 0 saturated heterocycles. The van der Waals surface area contributed by atoms with Crippen molar-refractivity contribution < 1.29 is 14.3 Å². The normalized spacial score (nSPS) is 14.2. The number of amides is 2. The van der Waals surface area contributed by atoms with Crippen LogP contribution >= 0.6 is 0 Å². The monoisotopic (exact) mass is 498 g/mol. The number of rotatable bonds is 11. The fraction of sp³-hybridized carbons (Fsp3) is 0.375. The van der Waals surface area contributed by atoms with Gasteiger partial charge < -0.3 is 15.0 Å². The zero-order valence-corrected chi connectivity index (χ0v) is 22.0. The van der Waals surface area contributed by atoms with Gasteiger partial charge in [0.1, 0.15) is 11.8 Å². The third kappa shape index (κ3) is 7.69. The van der Waals surface area contributed by atoms with Gasteiger partial charge in [0.2, 0.25) is 5.91 Å². The predicted molar refractivity (Wildman–Crippen MR) is 147 cm³/mol. The van der Waals surface area contributed by atoms with E-state index in [0.717, 1.165) is 48.8 Å². The molecular weight excluding hydrogens is 460 g/mol. The van der Waals surface area contributed by atoms with E-state index in [1.54, 1.807) is 4.90 Å². The fourth-order valence-electron chi connectivity index (χ4n) is 4.98. The average molecular weight is 499 g/mol. The van der Waals surface area contributed by atoms with Crippen molar-refractivity contribution in [2.45, 2.75) is 71.0 Å². The Kier molecular flexibility index (Phi) is 9.36. The van der Waals surface area contributed by atoms with E-state index in [9.17, 15) is 9.59 Å². The first kappa shape index (κ1) is 26.5. The Morgan fingerprint density at radius 1 is 0.919 bits per heavy atom. The minimum atomic E-state index is -0.637. The quantitative estimate of drug-likeness (QED) is 0.372. The first-order chi connectivity index (χ1) is 18.0. The molecule has 1 unspecified atom stereocenters. The van der Waals surface area contributed by atoms with Gasteiger partial charge in [-0.25, -0.2) is 0 Å². The fourth-order valence-corrected chi connectivity index (χ4v) is 4.98. The maximum absolute atomic E-state index is 13.7. The van der Waals surface area contributed by atoms with Crippen molar-refractivity contribution in [2.24, 2.45) is 0 Å². The van der Waals surface area contributed by atoms with Gasteiger partial charge in [0, 0.05) is 19.0 Å². The highest BCUT2D eigenvalue weighted by atomic mass is 16.5. The smallest absolute Gasteiger partial charge is 0.261 e. The number of nitrogens with zero attached hydrogens (tertiary/aromatic N) is 1. The summed E-state index contributed by atoms with van der Waals surface area (Å²) in [6.07, 6.45) is 5.64. The van der Waals surface area contributed by atoms with E-state index in [4.69, 9.17) is 4.74 Å². The second-order valence-electron chi connectivity index (χ2n) is 9.99. The van der Waals surface area contributed by atoms with Gasteiger partial charge in [0.05, 0.1) is 0 Å². The summed E-state index contributed by atoms with van der Waals surface area (Å²) in [5.74, 6) is 0.351. The highest BCUT2D eigenvalue weighted by molar-refractivity contribution is 5.88. The van der Waals surface area contributed by atoms with Gasteiger partial charge in [-0.15, -0.1) is 0 Å². The summed E-state index contributed by atoms with van der Waals surface area (Å²) >= 11 is 0. The largest absolute Gasteiger partial charge is 0.484 e. The molecular formula is C32H38N2O3. The van der Waals surface area contributed by atoms with Crippen molar-refractivity contribution in [2.75, 3.05) is 6.61 Å². The zero-order valence-electron chi connectivity index (χ0n) is 22.0. The summed E-state index contributed by atoms with van der Waals surface area (Å²) in [4.78, 5) is 29.1. The van der Waals surface area contributed by atoms with Crippen molar-refractivity contribution in [1.29, 1.82) is 0 Å². The minimum Gasteiger partial charge on any atom is -0.484 e. The van der Waals surface area contributed by atoms with E-state index >= 15 is 0 Å². The molecule has 1 saturated carbocycles. The van der Waals surface area contributed by atoms with Gasteiger partial charge in [-0.2, -0.15) is 0 Å². The molecule has 0 aliphatic heterocycles. The molecule has 1 aliphatic carbocycles. The number of hydrogen-bond acceptors (Lipinski definition) is 3. The summed E-state index contributed by atoms with van der Waals surface area (Å²) in [5, 5.41) is 3.24. The highest BCUT2D eigenvalue weighted by Crippen LogP contribution is 2.21. The van der Waals surface area contributed by atoms with Crippen LogP contribution < -0.4 is 10.1 Å². The van der Waals surface area contributed by atoms with Crippen LogP contribution in [0.5, 0.6) is 5.75 Å². The number of carbonyl (C=O) groups excluding carboxylic acids is 2. The second-order valence-corrected chi connectivity index (χ2v) is 9.99. The van der Waals surface area contributed by atoms with Crippen LogP contribution in [-0.4, -0.2) is 35.4 Å². The number of carbonyl (C=O) groups is 2. The number of hydrogen-bond donors (Lipinski definition) is 1. The van der Waals surface area contributed by atoms with Crippen LogP contribution in [0.4, 0.5) is 0 Å². The summed E-state index contributed by atoms with van der Waals surface area (Å²) in [6.45, 7) is 4.35. The van der Waals surface area contributed by atoms with Gasteiger partial charge in [-0.05, 0) is 55.0 Å². The van der Waals surface area contributed by atoms with Crippen molar-refractivity contribution >= 4 is 11.8 Å². The lowest BCUT2D eigenvalue weighted by atomic mass is 10.0. The van der Waals surface area contributed by atoms with Crippen LogP contribution in [0.2, 0.25) is 0 Å². The lowest BCUT2D eigenvalue weighted by molar-refractivity contribution is -0.143. The molecule has 194 valence electrons. The first-order valence-electron chi connectivity index (χ1n) is 13.4. The van der Waals surface area contributed by atoms with Gasteiger partial charge in [0.15, 0.2) is 6.61 Å². The maximum atomic E-state index is 13.7. The van der Waals surface area contributed by atoms with E-state index in [-0.39, 0.29) is 24.5 Å². The molecule has 3 aromatic carbocycles. The van der Waals surface area contributed by atoms with E-state index < -0.39 is 6.04 Å². The third-order valence-corrected chi connectivity index (χ3v) is 7.10. The number of nitrogens with one attached hydrogen (secondary N) is 1. The molecule has 0 spiro atoms. The molecule has 2 amide bonds. The van der Waals surface area contributed by atoms with E-state index in [0.29, 0.717) is 18.7 Å². The molecule has 1 N–H and O–H groups in total. The number of benzene rings is 3. The molecule has 0 heterocycles. The Labute approximate surface area is 220 Å². The molecule has 1 atom stereocenters. The lowest BCUT2D eigenvalue weighted by Crippen LogP contribution is -2.53. The van der Waals surface area contributed by atoms with Crippen LogP contribution in [0.1, 0.15) is 54.9 Å². The number of aryl methyl sites for hydroxylation is 2. The topological polar surface area (TPSA) is 58.6 Å². The van der Waals surface area contributed by atoms with E-state index in [1.165, 1.54) is 5.56 Å². The molecule has 5 nitrogen and oxygen atoms in total. The predicted octanol–water partition coefficient (Wildman–Crippen LogP) is 5.64. The lowest BCUT2D eigenvalue weighted by Gasteiger charge is -2.32. The Morgan fingerprint density at radius 2 is 1.62 bits per heavy atom. The standard InChI is InChI=1S/C32H38N2O3/c1-3-25-16-18-29(19-17-25)37-23-31(35)34(22-27-13-9-10-24(2)20-27)30(21-26-11-5-4-6-12-26)32(36)33-28-14-7-8-15-28/h4-6,9-13,16-20,28,30H,3,7-8,14-15,21-23H2,1-2H3,(H,33,36). The summed E-state index contributed by atoms with van der Waals surface area (Å²) in [5.41, 5.74) is 4.35. The van der Waals surface area contributed by atoms with Crippen LogP contribution in [0.15, 0.2) is 78.9 Å². The molecule has 37 heavy (non-hydrogen) atoms. The molecule has 3 aromatic rings. The average Bonchev–Trinajstić information content (AvgIpc) is 3.43. The zero-order chi connectivity index (χ0) is 26.0. The summed E-state index contributed by atoms with van der Waals surface area (Å²) in [6, 6.07) is 25.4. The molecule has 0 aromatic heterocycles. The SMILES string of the molecule is CCc1ccc(OCC(=O)N(Cc2cccc(C)c2)C(Cc2ccccc2)C(=O)NC2CCCC2)cc1. The van der Waals surface area contributed by atoms with Crippen LogP contribution in [0, 0.1) is 6.92 Å². The summed E-state index contributed by atoms with van der Waals surface area (Å²) in [7, 11) is 0. The molecule has 5 heteroatoms. The van der Waals surface area contributed by atoms with Crippen LogP contribution in [-0.2, 0) is 29.0 Å². The van der Waals surface area contributed by atoms with Crippen molar-refractivity contribution in [3.8, 4) is 5.75 Å². The highest BCUT2D eigenvalue weighted by Gasteiger charge is 2.32. The van der Waals surface area contributed by atoms with Gasteiger partial charge in [-0.3, -0.25) is 9.59 Å². The Morgan fingerprint density at radius 3 is 2.30 bits per heavy atom. The number of ether oxygens (including phenoxy) is 1. The van der Waals surface area contributed by atoms with Gasteiger partial charge in [-0.1, -0.05) is 92.1 Å². The maximum Gasteiger partial charge on any atom is 0.261 e. The molecule has 4 rings (SSSR count). The Balaban J connectivity index is 1.59.